The highest BCUT2D eigenvalue weighted by Crippen LogP contribution is 2.17. The summed E-state index contributed by atoms with van der Waals surface area (Å²) in [5, 5.41) is 16.1. The molecule has 0 spiro atoms. The zero-order valence-electron chi connectivity index (χ0n) is 13.6. The molecule has 2 heterocycles. The quantitative estimate of drug-likeness (QED) is 0.647. The summed E-state index contributed by atoms with van der Waals surface area (Å²) in [4.78, 5) is 26.6. The van der Waals surface area contributed by atoms with E-state index in [1.165, 1.54) is 0 Å². The Morgan fingerprint density at radius 2 is 2.08 bits per heavy atom. The molecule has 3 aromatic rings. The van der Waals surface area contributed by atoms with Crippen LogP contribution in [-0.4, -0.2) is 37.6 Å². The second-order valence-corrected chi connectivity index (χ2v) is 6.37. The average molecular weight is 328 g/mol. The summed E-state index contributed by atoms with van der Waals surface area (Å²) in [5.74, 6) is -0.998. The number of hydrogen-bond acceptors (Lipinski definition) is 3. The van der Waals surface area contributed by atoms with Gasteiger partial charge in [0, 0.05) is 12.1 Å². The highest BCUT2D eigenvalue weighted by molar-refractivity contribution is 5.94. The van der Waals surface area contributed by atoms with E-state index in [1.807, 2.05) is 38.1 Å². The third-order valence-corrected chi connectivity index (χ3v) is 3.85. The van der Waals surface area contributed by atoms with Crippen molar-refractivity contribution in [2.45, 2.75) is 32.7 Å². The molecule has 0 radical (unpaired) electrons. The number of rotatable bonds is 6. The van der Waals surface area contributed by atoms with Crippen LogP contribution >= 0.6 is 0 Å². The first-order valence-electron chi connectivity index (χ1n) is 7.93. The van der Waals surface area contributed by atoms with Crippen LogP contribution in [0.1, 0.15) is 37.2 Å². The number of H-pyrrole nitrogens is 1. The molecule has 2 aromatic heterocycles. The molecule has 3 N–H and O–H groups in total. The lowest BCUT2D eigenvalue weighted by atomic mass is 10.0. The van der Waals surface area contributed by atoms with Crippen LogP contribution in [0.25, 0.3) is 16.7 Å². The number of benzene rings is 1. The number of imidazole rings is 1. The summed E-state index contributed by atoms with van der Waals surface area (Å²) in [6, 6.07) is 8.94. The molecule has 24 heavy (non-hydrogen) atoms. The minimum atomic E-state index is -0.927. The third-order valence-electron chi connectivity index (χ3n) is 3.85. The monoisotopic (exact) mass is 328 g/mol. The van der Waals surface area contributed by atoms with Crippen molar-refractivity contribution in [3.63, 3.8) is 0 Å². The minimum Gasteiger partial charge on any atom is -0.481 e. The van der Waals surface area contributed by atoms with Crippen LogP contribution < -0.4 is 5.32 Å². The van der Waals surface area contributed by atoms with Gasteiger partial charge in [0.05, 0.1) is 17.5 Å². The van der Waals surface area contributed by atoms with Crippen LogP contribution in [0, 0.1) is 5.92 Å². The van der Waals surface area contributed by atoms with E-state index in [1.54, 1.807) is 10.6 Å². The Morgan fingerprint density at radius 3 is 2.79 bits per heavy atom. The van der Waals surface area contributed by atoms with Crippen molar-refractivity contribution in [2.24, 2.45) is 5.92 Å². The number of nitrogens with zero attached hydrogens (tertiary/aromatic N) is 2. The summed E-state index contributed by atoms with van der Waals surface area (Å²) >= 11 is 0. The van der Waals surface area contributed by atoms with Gasteiger partial charge >= 0.3 is 5.97 Å². The van der Waals surface area contributed by atoms with Crippen LogP contribution in [0.3, 0.4) is 0 Å². The van der Waals surface area contributed by atoms with E-state index in [4.69, 9.17) is 5.11 Å². The van der Waals surface area contributed by atoms with Gasteiger partial charge in [0.1, 0.15) is 5.65 Å². The molecule has 7 nitrogen and oxygen atoms in total. The van der Waals surface area contributed by atoms with E-state index < -0.39 is 12.0 Å². The van der Waals surface area contributed by atoms with Gasteiger partial charge in [0.25, 0.3) is 5.91 Å². The average Bonchev–Trinajstić information content (AvgIpc) is 3.03. The van der Waals surface area contributed by atoms with Crippen molar-refractivity contribution < 1.29 is 14.7 Å². The largest absolute Gasteiger partial charge is 0.481 e. The van der Waals surface area contributed by atoms with E-state index >= 15 is 0 Å². The van der Waals surface area contributed by atoms with Crippen LogP contribution in [-0.2, 0) is 4.79 Å². The lowest BCUT2D eigenvalue weighted by Gasteiger charge is -2.18. The zero-order chi connectivity index (χ0) is 17.3. The molecule has 0 bridgehead atoms. The van der Waals surface area contributed by atoms with Crippen LogP contribution in [0.2, 0.25) is 0 Å². The van der Waals surface area contributed by atoms with E-state index in [0.717, 1.165) is 16.7 Å². The SMILES string of the molecule is CC(C)C[C@@H](CC(=O)O)NC(=O)c1cc2[nH]c3ccccc3n2n1. The Hall–Kier alpha value is -2.83. The standard InChI is InChI=1S/C17H20N4O3/c1-10(2)7-11(8-16(22)23)18-17(24)13-9-15-19-12-5-3-4-6-14(12)21(15)20-13/h3-6,9-11,19H,7-8H2,1-2H3,(H,18,24)(H,22,23)/t11-/m0/s1. The molecule has 0 saturated carbocycles. The van der Waals surface area contributed by atoms with Crippen molar-refractivity contribution in [3.8, 4) is 0 Å². The van der Waals surface area contributed by atoms with Crippen molar-refractivity contribution >= 4 is 28.6 Å². The predicted molar refractivity (Wildman–Crippen MR) is 90.0 cm³/mol. The molecule has 0 unspecified atom stereocenters. The number of aromatic nitrogens is 3. The number of nitrogens with one attached hydrogen (secondary N) is 2. The molecule has 0 saturated heterocycles. The first-order chi connectivity index (χ1) is 11.4. The highest BCUT2D eigenvalue weighted by atomic mass is 16.4. The molecule has 126 valence electrons. The maximum absolute atomic E-state index is 12.4. The van der Waals surface area contributed by atoms with E-state index in [0.29, 0.717) is 6.42 Å². The number of fused-ring (bicyclic) bond motifs is 3. The number of carbonyl (C=O) groups excluding carboxylic acids is 1. The highest BCUT2D eigenvalue weighted by Gasteiger charge is 2.20. The Morgan fingerprint density at radius 1 is 1.33 bits per heavy atom. The molecule has 7 heteroatoms. The van der Waals surface area contributed by atoms with Crippen molar-refractivity contribution in [1.29, 1.82) is 0 Å². The van der Waals surface area contributed by atoms with Crippen LogP contribution in [0.4, 0.5) is 0 Å². The summed E-state index contributed by atoms with van der Waals surface area (Å²) in [5.41, 5.74) is 2.82. The number of aliphatic carboxylic acids is 1. The van der Waals surface area contributed by atoms with Crippen LogP contribution in [0.15, 0.2) is 30.3 Å². The second kappa shape index (κ2) is 6.35. The van der Waals surface area contributed by atoms with E-state index in [-0.39, 0.29) is 23.9 Å². The van der Waals surface area contributed by atoms with E-state index in [9.17, 15) is 9.59 Å². The predicted octanol–water partition coefficient (Wildman–Crippen LogP) is 2.43. The van der Waals surface area contributed by atoms with Gasteiger partial charge in [-0.15, -0.1) is 0 Å². The van der Waals surface area contributed by atoms with Gasteiger partial charge in [0.15, 0.2) is 5.69 Å². The number of carboxylic acid groups (broad SMARTS) is 1. The Balaban J connectivity index is 1.83. The van der Waals surface area contributed by atoms with Crippen LogP contribution in [0.5, 0.6) is 0 Å². The fourth-order valence-corrected chi connectivity index (χ4v) is 2.90. The van der Waals surface area contributed by atoms with Crippen molar-refractivity contribution in [3.05, 3.63) is 36.0 Å². The number of carbonyl (C=O) groups is 2. The van der Waals surface area contributed by atoms with Gasteiger partial charge in [-0.1, -0.05) is 26.0 Å². The summed E-state index contributed by atoms with van der Waals surface area (Å²) < 4.78 is 1.68. The molecule has 3 rings (SSSR count). The van der Waals surface area contributed by atoms with Gasteiger partial charge in [0.2, 0.25) is 0 Å². The summed E-state index contributed by atoms with van der Waals surface area (Å²) in [7, 11) is 0. The van der Waals surface area contributed by atoms with Crippen molar-refractivity contribution in [1.82, 2.24) is 19.9 Å². The molecule has 0 aliphatic heterocycles. The third kappa shape index (κ3) is 3.24. The lowest BCUT2D eigenvalue weighted by molar-refractivity contribution is -0.137. The zero-order valence-corrected chi connectivity index (χ0v) is 13.6. The lowest BCUT2D eigenvalue weighted by Crippen LogP contribution is -2.37. The number of hydrogen-bond donors (Lipinski definition) is 3. The normalized spacial score (nSPS) is 12.8. The molecule has 1 atom stereocenters. The topological polar surface area (TPSA) is 99.5 Å². The Bertz CT molecular complexity index is 894. The van der Waals surface area contributed by atoms with Gasteiger partial charge in [-0.05, 0) is 24.5 Å². The molecular formula is C17H20N4O3. The molecule has 1 amide bonds. The fourth-order valence-electron chi connectivity index (χ4n) is 2.90. The molecule has 0 fully saturated rings. The maximum atomic E-state index is 12.4. The first kappa shape index (κ1) is 16.0. The molecule has 0 aliphatic rings. The number of amides is 1. The Kier molecular flexibility index (Phi) is 4.24. The minimum absolute atomic E-state index is 0.0986. The Labute approximate surface area is 138 Å². The van der Waals surface area contributed by atoms with Gasteiger partial charge in [-0.3, -0.25) is 9.59 Å². The number of carboxylic acids is 1. The molecule has 0 aliphatic carbocycles. The molecular weight excluding hydrogens is 308 g/mol. The van der Waals surface area contributed by atoms with E-state index in [2.05, 4.69) is 15.4 Å². The fraction of sp³-hybridized carbons (Fsp3) is 0.353. The smallest absolute Gasteiger partial charge is 0.305 e. The number of aromatic amines is 1. The second-order valence-electron chi connectivity index (χ2n) is 6.37. The first-order valence-corrected chi connectivity index (χ1v) is 7.93. The van der Waals surface area contributed by atoms with Crippen molar-refractivity contribution in [2.75, 3.05) is 0 Å². The number of para-hydroxylation sites is 2. The molecule has 1 aromatic carbocycles. The summed E-state index contributed by atoms with van der Waals surface area (Å²) in [6.07, 6.45) is 0.505. The van der Waals surface area contributed by atoms with Gasteiger partial charge < -0.3 is 15.4 Å². The maximum Gasteiger partial charge on any atom is 0.305 e. The summed E-state index contributed by atoms with van der Waals surface area (Å²) in [6.45, 7) is 3.99. The van der Waals surface area contributed by atoms with Gasteiger partial charge in [-0.25, -0.2) is 4.52 Å². The van der Waals surface area contributed by atoms with Gasteiger partial charge in [-0.2, -0.15) is 5.10 Å².